The summed E-state index contributed by atoms with van der Waals surface area (Å²) in [7, 11) is 0. The predicted molar refractivity (Wildman–Crippen MR) is 76.6 cm³/mol. The molecule has 0 aliphatic carbocycles. The largest absolute Gasteiger partial charge is 0.386 e. The third-order valence-corrected chi connectivity index (χ3v) is 3.34. The standard InChI is InChI=1S/C17H20O/c1-12-8-7-9-13(2)16(12)14-10-5-6-11-15(14)17(3,4)18/h5-11,18H,1-4H3. The van der Waals surface area contributed by atoms with Crippen molar-refractivity contribution in [2.45, 2.75) is 33.3 Å². The van der Waals surface area contributed by atoms with E-state index in [0.29, 0.717) is 0 Å². The fraction of sp³-hybridized carbons (Fsp3) is 0.294. The molecule has 0 heterocycles. The Bertz CT molecular complexity index is 542. The minimum Gasteiger partial charge on any atom is -0.386 e. The summed E-state index contributed by atoms with van der Waals surface area (Å²) >= 11 is 0. The van der Waals surface area contributed by atoms with Crippen molar-refractivity contribution in [3.63, 3.8) is 0 Å². The summed E-state index contributed by atoms with van der Waals surface area (Å²) in [4.78, 5) is 0. The molecule has 2 aromatic rings. The minimum atomic E-state index is -0.828. The second kappa shape index (κ2) is 4.58. The maximum Gasteiger partial charge on any atom is 0.0846 e. The van der Waals surface area contributed by atoms with Crippen LogP contribution in [0.2, 0.25) is 0 Å². The molecule has 0 radical (unpaired) electrons. The molecule has 2 aromatic carbocycles. The van der Waals surface area contributed by atoms with E-state index in [-0.39, 0.29) is 0 Å². The highest BCUT2D eigenvalue weighted by Gasteiger charge is 2.21. The molecule has 0 aliphatic rings. The molecule has 0 fully saturated rings. The highest BCUT2D eigenvalue weighted by Crippen LogP contribution is 2.34. The Kier molecular flexibility index (Phi) is 3.27. The smallest absolute Gasteiger partial charge is 0.0846 e. The zero-order valence-electron chi connectivity index (χ0n) is 11.5. The van der Waals surface area contributed by atoms with Gasteiger partial charge in [0.2, 0.25) is 0 Å². The SMILES string of the molecule is Cc1cccc(C)c1-c1ccccc1C(C)(C)O. The van der Waals surface area contributed by atoms with E-state index in [1.807, 2.05) is 32.0 Å². The van der Waals surface area contributed by atoms with Crippen molar-refractivity contribution < 1.29 is 5.11 Å². The molecule has 94 valence electrons. The predicted octanol–water partition coefficient (Wildman–Crippen LogP) is 4.20. The van der Waals surface area contributed by atoms with Gasteiger partial charge in [-0.2, -0.15) is 0 Å². The van der Waals surface area contributed by atoms with E-state index >= 15 is 0 Å². The van der Waals surface area contributed by atoms with Crippen LogP contribution in [0.15, 0.2) is 42.5 Å². The monoisotopic (exact) mass is 240 g/mol. The van der Waals surface area contributed by atoms with E-state index in [9.17, 15) is 5.11 Å². The molecule has 0 saturated carbocycles. The van der Waals surface area contributed by atoms with Crippen molar-refractivity contribution in [1.82, 2.24) is 0 Å². The molecule has 18 heavy (non-hydrogen) atoms. The maximum absolute atomic E-state index is 10.3. The van der Waals surface area contributed by atoms with Gasteiger partial charge in [-0.15, -0.1) is 0 Å². The Labute approximate surface area is 109 Å². The van der Waals surface area contributed by atoms with Crippen LogP contribution in [0.4, 0.5) is 0 Å². The molecule has 0 bridgehead atoms. The zero-order valence-corrected chi connectivity index (χ0v) is 11.5. The van der Waals surface area contributed by atoms with Gasteiger partial charge >= 0.3 is 0 Å². The van der Waals surface area contributed by atoms with Crippen LogP contribution in [0.1, 0.15) is 30.5 Å². The van der Waals surface area contributed by atoms with E-state index < -0.39 is 5.60 Å². The summed E-state index contributed by atoms with van der Waals surface area (Å²) < 4.78 is 0. The quantitative estimate of drug-likeness (QED) is 0.834. The first kappa shape index (κ1) is 12.8. The molecule has 0 amide bonds. The molecule has 1 N–H and O–H groups in total. The van der Waals surface area contributed by atoms with E-state index in [2.05, 4.69) is 38.1 Å². The fourth-order valence-electron chi connectivity index (χ4n) is 2.47. The summed E-state index contributed by atoms with van der Waals surface area (Å²) in [5.74, 6) is 0. The maximum atomic E-state index is 10.3. The number of hydrogen-bond donors (Lipinski definition) is 1. The summed E-state index contributed by atoms with van der Waals surface area (Å²) in [6.45, 7) is 7.89. The van der Waals surface area contributed by atoms with Crippen LogP contribution in [-0.2, 0) is 5.60 Å². The Morgan fingerprint density at radius 2 is 1.39 bits per heavy atom. The number of aliphatic hydroxyl groups is 1. The molecule has 2 rings (SSSR count). The molecule has 0 aliphatic heterocycles. The van der Waals surface area contributed by atoms with Gasteiger partial charge in [0.1, 0.15) is 0 Å². The highest BCUT2D eigenvalue weighted by atomic mass is 16.3. The summed E-state index contributed by atoms with van der Waals surface area (Å²) in [6, 6.07) is 14.4. The van der Waals surface area contributed by atoms with Crippen molar-refractivity contribution in [2.24, 2.45) is 0 Å². The lowest BCUT2D eigenvalue weighted by Crippen LogP contribution is -2.17. The van der Waals surface area contributed by atoms with Crippen LogP contribution in [0, 0.1) is 13.8 Å². The van der Waals surface area contributed by atoms with Crippen LogP contribution in [-0.4, -0.2) is 5.11 Å². The molecule has 0 unspecified atom stereocenters. The second-order valence-corrected chi connectivity index (χ2v) is 5.37. The van der Waals surface area contributed by atoms with Gasteiger partial charge in [0.25, 0.3) is 0 Å². The van der Waals surface area contributed by atoms with Gasteiger partial charge in [-0.1, -0.05) is 42.5 Å². The first-order chi connectivity index (χ1) is 8.41. The second-order valence-electron chi connectivity index (χ2n) is 5.37. The van der Waals surface area contributed by atoms with Crippen molar-refractivity contribution >= 4 is 0 Å². The lowest BCUT2D eigenvalue weighted by Gasteiger charge is -2.23. The van der Waals surface area contributed by atoms with Gasteiger partial charge in [0.05, 0.1) is 5.60 Å². The number of rotatable bonds is 2. The molecular formula is C17H20O. The summed E-state index contributed by atoms with van der Waals surface area (Å²) in [5, 5.41) is 10.3. The van der Waals surface area contributed by atoms with Crippen molar-refractivity contribution in [3.05, 3.63) is 59.2 Å². The topological polar surface area (TPSA) is 20.2 Å². The minimum absolute atomic E-state index is 0.828. The number of benzene rings is 2. The lowest BCUT2D eigenvalue weighted by atomic mass is 9.86. The fourth-order valence-corrected chi connectivity index (χ4v) is 2.47. The van der Waals surface area contributed by atoms with Gasteiger partial charge < -0.3 is 5.11 Å². The van der Waals surface area contributed by atoms with Gasteiger partial charge in [0, 0.05) is 0 Å². The number of hydrogen-bond acceptors (Lipinski definition) is 1. The van der Waals surface area contributed by atoms with Gasteiger partial charge in [-0.25, -0.2) is 0 Å². The third kappa shape index (κ3) is 2.32. The Balaban J connectivity index is 2.73. The molecule has 0 atom stereocenters. The van der Waals surface area contributed by atoms with Crippen molar-refractivity contribution in [1.29, 1.82) is 0 Å². The van der Waals surface area contributed by atoms with Crippen LogP contribution >= 0.6 is 0 Å². The normalized spacial score (nSPS) is 11.6. The first-order valence-corrected chi connectivity index (χ1v) is 6.29. The van der Waals surface area contributed by atoms with Gasteiger partial charge in [-0.3, -0.25) is 0 Å². The third-order valence-electron chi connectivity index (χ3n) is 3.34. The van der Waals surface area contributed by atoms with E-state index in [0.717, 1.165) is 11.1 Å². The Morgan fingerprint density at radius 1 is 0.833 bits per heavy atom. The average Bonchev–Trinajstić information content (AvgIpc) is 2.28. The molecular weight excluding hydrogens is 220 g/mol. The lowest BCUT2D eigenvalue weighted by molar-refractivity contribution is 0.0792. The zero-order chi connectivity index (χ0) is 13.3. The average molecular weight is 240 g/mol. The van der Waals surface area contributed by atoms with Crippen LogP contribution in [0.5, 0.6) is 0 Å². The highest BCUT2D eigenvalue weighted by molar-refractivity contribution is 5.74. The first-order valence-electron chi connectivity index (χ1n) is 6.29. The summed E-state index contributed by atoms with van der Waals surface area (Å²) in [6.07, 6.45) is 0. The van der Waals surface area contributed by atoms with Crippen molar-refractivity contribution in [3.8, 4) is 11.1 Å². The molecule has 0 saturated heterocycles. The number of aryl methyl sites for hydroxylation is 2. The molecule has 0 aromatic heterocycles. The van der Waals surface area contributed by atoms with Gasteiger partial charge in [0.15, 0.2) is 0 Å². The van der Waals surface area contributed by atoms with E-state index in [1.54, 1.807) is 0 Å². The van der Waals surface area contributed by atoms with Gasteiger partial charge in [-0.05, 0) is 55.5 Å². The molecule has 1 heteroatoms. The molecule has 0 spiro atoms. The Hall–Kier alpha value is -1.60. The Morgan fingerprint density at radius 3 is 1.94 bits per heavy atom. The van der Waals surface area contributed by atoms with Crippen LogP contribution < -0.4 is 0 Å². The van der Waals surface area contributed by atoms with Crippen molar-refractivity contribution in [2.75, 3.05) is 0 Å². The molecule has 1 nitrogen and oxygen atoms in total. The van der Waals surface area contributed by atoms with Crippen LogP contribution in [0.3, 0.4) is 0 Å². The summed E-state index contributed by atoms with van der Waals surface area (Å²) in [5.41, 5.74) is 4.99. The van der Waals surface area contributed by atoms with E-state index in [4.69, 9.17) is 0 Å². The van der Waals surface area contributed by atoms with Crippen LogP contribution in [0.25, 0.3) is 11.1 Å². The van der Waals surface area contributed by atoms with E-state index in [1.165, 1.54) is 16.7 Å².